The van der Waals surface area contributed by atoms with E-state index >= 15 is 0 Å². The topological polar surface area (TPSA) is 78.3 Å². The number of amides is 1. The molecule has 0 heterocycles. The number of hydrogen-bond acceptors (Lipinski definition) is 3. The highest BCUT2D eigenvalue weighted by Gasteiger charge is 2.12. The van der Waals surface area contributed by atoms with Crippen molar-refractivity contribution in [1.82, 2.24) is 0 Å². The molecule has 0 spiro atoms. The Hall–Kier alpha value is -2.33. The molecule has 0 aromatic heterocycles. The summed E-state index contributed by atoms with van der Waals surface area (Å²) in [6, 6.07) is 14.0. The van der Waals surface area contributed by atoms with Crippen LogP contribution < -0.4 is 16.2 Å². The van der Waals surface area contributed by atoms with Crippen molar-refractivity contribution >= 4 is 5.91 Å². The minimum absolute atomic E-state index is 0.166. The smallest absolute Gasteiger partial charge is 0.217 e. The summed E-state index contributed by atoms with van der Waals surface area (Å²) in [5, 5.41) is 0. The molecule has 4 heteroatoms. The van der Waals surface area contributed by atoms with E-state index < -0.39 is 0 Å². The number of nitrogens with two attached hydrogens (primary N) is 2. The number of benzene rings is 2. The second kappa shape index (κ2) is 7.79. The highest BCUT2D eigenvalue weighted by Crippen LogP contribution is 2.26. The van der Waals surface area contributed by atoms with Crippen LogP contribution in [-0.4, -0.2) is 13.0 Å². The molecule has 4 N–H and O–H groups in total. The van der Waals surface area contributed by atoms with Crippen molar-refractivity contribution in [2.75, 3.05) is 7.11 Å². The van der Waals surface area contributed by atoms with Crippen molar-refractivity contribution in [2.45, 2.75) is 32.2 Å². The van der Waals surface area contributed by atoms with Crippen molar-refractivity contribution in [1.29, 1.82) is 0 Å². The van der Waals surface area contributed by atoms with Gasteiger partial charge in [-0.25, -0.2) is 0 Å². The molecule has 0 saturated heterocycles. The highest BCUT2D eigenvalue weighted by atomic mass is 16.5. The lowest BCUT2D eigenvalue weighted by molar-refractivity contribution is -0.118. The molecule has 23 heavy (non-hydrogen) atoms. The molecular formula is C19H24N2O2. The van der Waals surface area contributed by atoms with Crippen LogP contribution in [0.5, 0.6) is 5.75 Å². The second-order valence-electron chi connectivity index (χ2n) is 5.76. The molecule has 1 amide bonds. The maximum Gasteiger partial charge on any atom is 0.217 e. The minimum Gasteiger partial charge on any atom is -0.497 e. The molecule has 2 aromatic rings. The van der Waals surface area contributed by atoms with E-state index in [4.69, 9.17) is 16.2 Å². The van der Waals surface area contributed by atoms with E-state index in [2.05, 4.69) is 12.1 Å². The van der Waals surface area contributed by atoms with Crippen molar-refractivity contribution in [3.8, 4) is 5.75 Å². The Balaban J connectivity index is 2.08. The first-order valence-corrected chi connectivity index (χ1v) is 7.78. The van der Waals surface area contributed by atoms with Crippen LogP contribution in [0.25, 0.3) is 0 Å². The van der Waals surface area contributed by atoms with E-state index in [-0.39, 0.29) is 11.9 Å². The van der Waals surface area contributed by atoms with Gasteiger partial charge in [-0.2, -0.15) is 0 Å². The lowest BCUT2D eigenvalue weighted by Crippen LogP contribution is -2.13. The van der Waals surface area contributed by atoms with Crippen molar-refractivity contribution in [3.05, 3.63) is 64.7 Å². The Morgan fingerprint density at radius 2 is 1.87 bits per heavy atom. The predicted octanol–water partition coefficient (Wildman–Crippen LogP) is 2.86. The van der Waals surface area contributed by atoms with Gasteiger partial charge in [0, 0.05) is 6.42 Å². The Kier molecular flexibility index (Phi) is 5.77. The number of rotatable bonds is 7. The first kappa shape index (κ1) is 17.0. The van der Waals surface area contributed by atoms with Crippen LogP contribution >= 0.6 is 0 Å². The van der Waals surface area contributed by atoms with E-state index in [0.29, 0.717) is 6.42 Å². The highest BCUT2D eigenvalue weighted by molar-refractivity contribution is 5.73. The number of methoxy groups -OCH3 is 1. The van der Waals surface area contributed by atoms with Crippen LogP contribution in [-0.2, 0) is 11.2 Å². The Morgan fingerprint density at radius 1 is 1.17 bits per heavy atom. The summed E-state index contributed by atoms with van der Waals surface area (Å²) in [6.07, 6.45) is 2.05. The molecule has 1 unspecified atom stereocenters. The van der Waals surface area contributed by atoms with Crippen LogP contribution in [0, 0.1) is 6.92 Å². The second-order valence-corrected chi connectivity index (χ2v) is 5.76. The molecule has 0 aliphatic carbocycles. The summed E-state index contributed by atoms with van der Waals surface area (Å²) in [7, 11) is 1.66. The van der Waals surface area contributed by atoms with Gasteiger partial charge in [0.1, 0.15) is 5.75 Å². The molecule has 0 fully saturated rings. The van der Waals surface area contributed by atoms with Gasteiger partial charge in [-0.15, -0.1) is 0 Å². The molecule has 0 saturated carbocycles. The molecule has 2 rings (SSSR count). The zero-order valence-corrected chi connectivity index (χ0v) is 13.7. The zero-order valence-electron chi connectivity index (χ0n) is 13.7. The molecule has 0 bridgehead atoms. The zero-order chi connectivity index (χ0) is 16.8. The van der Waals surface area contributed by atoms with E-state index in [0.717, 1.165) is 35.3 Å². The van der Waals surface area contributed by atoms with Crippen molar-refractivity contribution < 1.29 is 9.53 Å². The van der Waals surface area contributed by atoms with Gasteiger partial charge in [0.2, 0.25) is 5.91 Å². The summed E-state index contributed by atoms with van der Waals surface area (Å²) in [5.41, 5.74) is 16.0. The largest absolute Gasteiger partial charge is 0.497 e. The number of carbonyl (C=O) groups excluding carboxylic acids is 1. The van der Waals surface area contributed by atoms with Crippen LogP contribution in [0.4, 0.5) is 0 Å². The summed E-state index contributed by atoms with van der Waals surface area (Å²) >= 11 is 0. The molecule has 122 valence electrons. The Labute approximate surface area is 137 Å². The SMILES string of the molecule is COc1ccc(C(N)c2ccc(CCCC(N)=O)cc2)c(C)c1. The molecule has 0 aliphatic heterocycles. The monoisotopic (exact) mass is 312 g/mol. The standard InChI is InChI=1S/C19H24N2O2/c1-13-12-16(23-2)10-11-17(13)19(21)15-8-6-14(7-9-15)4-3-5-18(20)22/h6-12,19H,3-5,21H2,1-2H3,(H2,20,22). The van der Waals surface area contributed by atoms with Crippen molar-refractivity contribution in [2.24, 2.45) is 11.5 Å². The first-order chi connectivity index (χ1) is 11.0. The third-order valence-corrected chi connectivity index (χ3v) is 4.04. The molecule has 0 radical (unpaired) electrons. The lowest BCUT2D eigenvalue weighted by Gasteiger charge is -2.16. The van der Waals surface area contributed by atoms with E-state index in [1.165, 1.54) is 5.56 Å². The van der Waals surface area contributed by atoms with Gasteiger partial charge in [0.25, 0.3) is 0 Å². The third kappa shape index (κ3) is 4.57. The van der Waals surface area contributed by atoms with Gasteiger partial charge in [0.05, 0.1) is 13.2 Å². The molecule has 1 atom stereocenters. The van der Waals surface area contributed by atoms with Crippen LogP contribution in [0.3, 0.4) is 0 Å². The number of carbonyl (C=O) groups is 1. The fourth-order valence-electron chi connectivity index (χ4n) is 2.66. The maximum absolute atomic E-state index is 10.8. The number of ether oxygens (including phenoxy) is 1. The van der Waals surface area contributed by atoms with Crippen LogP contribution in [0.2, 0.25) is 0 Å². The normalized spacial score (nSPS) is 12.0. The van der Waals surface area contributed by atoms with Gasteiger partial charge >= 0.3 is 0 Å². The maximum atomic E-state index is 10.8. The van der Waals surface area contributed by atoms with Crippen LogP contribution in [0.1, 0.15) is 41.1 Å². The number of primary amides is 1. The fraction of sp³-hybridized carbons (Fsp3) is 0.316. The number of aryl methyl sites for hydroxylation is 2. The Morgan fingerprint density at radius 3 is 2.43 bits per heavy atom. The summed E-state index contributed by atoms with van der Waals surface area (Å²) in [4.78, 5) is 10.8. The van der Waals surface area contributed by atoms with Gasteiger partial charge < -0.3 is 16.2 Å². The quantitative estimate of drug-likeness (QED) is 0.825. The molecular weight excluding hydrogens is 288 g/mol. The summed E-state index contributed by atoms with van der Waals surface area (Å²) in [6.45, 7) is 2.04. The van der Waals surface area contributed by atoms with Gasteiger partial charge in [-0.05, 0) is 54.2 Å². The fourth-order valence-corrected chi connectivity index (χ4v) is 2.66. The van der Waals surface area contributed by atoms with Crippen molar-refractivity contribution in [3.63, 3.8) is 0 Å². The van der Waals surface area contributed by atoms with E-state index in [1.807, 2.05) is 37.3 Å². The number of hydrogen-bond donors (Lipinski definition) is 2. The van der Waals surface area contributed by atoms with Gasteiger partial charge in [-0.3, -0.25) is 4.79 Å². The van der Waals surface area contributed by atoms with Gasteiger partial charge in [0.15, 0.2) is 0 Å². The van der Waals surface area contributed by atoms with Crippen LogP contribution in [0.15, 0.2) is 42.5 Å². The van der Waals surface area contributed by atoms with E-state index in [1.54, 1.807) is 7.11 Å². The first-order valence-electron chi connectivity index (χ1n) is 7.78. The lowest BCUT2D eigenvalue weighted by atomic mass is 9.94. The summed E-state index contributed by atoms with van der Waals surface area (Å²) in [5.74, 6) is 0.585. The predicted molar refractivity (Wildman–Crippen MR) is 92.3 cm³/mol. The van der Waals surface area contributed by atoms with E-state index in [9.17, 15) is 4.79 Å². The summed E-state index contributed by atoms with van der Waals surface area (Å²) < 4.78 is 5.23. The average Bonchev–Trinajstić information content (AvgIpc) is 2.54. The molecule has 2 aromatic carbocycles. The molecule has 4 nitrogen and oxygen atoms in total. The minimum atomic E-state index is -0.251. The van der Waals surface area contributed by atoms with Gasteiger partial charge in [-0.1, -0.05) is 30.3 Å². The third-order valence-electron chi connectivity index (χ3n) is 4.04. The molecule has 0 aliphatic rings. The average molecular weight is 312 g/mol. The Bertz CT molecular complexity index is 666.